The maximum atomic E-state index is 14.8. The predicted octanol–water partition coefficient (Wildman–Crippen LogP) is 5.14. The number of anilines is 4. The summed E-state index contributed by atoms with van der Waals surface area (Å²) in [5, 5.41) is 12.5. The molecule has 1 fully saturated rings. The topological polar surface area (TPSA) is 77.9 Å². The van der Waals surface area contributed by atoms with Gasteiger partial charge >= 0.3 is 0 Å². The van der Waals surface area contributed by atoms with E-state index in [9.17, 15) is 14.3 Å². The van der Waals surface area contributed by atoms with Crippen molar-refractivity contribution in [1.82, 2.24) is 4.98 Å². The number of carbonyl (C=O) groups excluding carboxylic acids is 1. The van der Waals surface area contributed by atoms with Crippen LogP contribution >= 0.6 is 11.6 Å². The molecule has 3 aromatic rings. The van der Waals surface area contributed by atoms with Crippen molar-refractivity contribution in [3.63, 3.8) is 0 Å². The van der Waals surface area contributed by atoms with Gasteiger partial charge in [-0.15, -0.1) is 0 Å². The number of amides is 1. The fraction of sp³-hybridized carbons (Fsp3) is 0.308. The lowest BCUT2D eigenvalue weighted by Gasteiger charge is -2.32. The van der Waals surface area contributed by atoms with Crippen LogP contribution in [0.2, 0.25) is 5.02 Å². The number of pyridine rings is 1. The molecule has 5 rings (SSSR count). The number of fused-ring (bicyclic) bond motifs is 1. The van der Waals surface area contributed by atoms with Crippen LogP contribution in [-0.4, -0.2) is 42.2 Å². The van der Waals surface area contributed by atoms with Crippen LogP contribution in [-0.2, 0) is 6.61 Å². The fourth-order valence-corrected chi connectivity index (χ4v) is 4.87. The average Bonchev–Trinajstić information content (AvgIpc) is 2.88. The van der Waals surface area contributed by atoms with Crippen LogP contribution in [0, 0.1) is 5.82 Å². The molecule has 0 saturated carbocycles. The number of nitrogens with zero attached hydrogens (tertiary/aromatic N) is 3. The van der Waals surface area contributed by atoms with Gasteiger partial charge in [0.2, 0.25) is 0 Å². The number of nitrogens with one attached hydrogen (secondary N) is 1. The van der Waals surface area contributed by atoms with Gasteiger partial charge in [-0.05, 0) is 61.2 Å². The Balaban J connectivity index is 1.39. The summed E-state index contributed by atoms with van der Waals surface area (Å²) in [4.78, 5) is 21.5. The molecule has 2 aliphatic rings. The number of halogens is 2. The van der Waals surface area contributed by atoms with Crippen LogP contribution in [0.3, 0.4) is 0 Å². The quantitative estimate of drug-likeness (QED) is 0.509. The first kappa shape index (κ1) is 23.4. The molecular formula is C26H26ClFN4O3. The lowest BCUT2D eigenvalue weighted by atomic mass is 10.1. The number of ether oxygens (including phenoxy) is 1. The van der Waals surface area contributed by atoms with Crippen molar-refractivity contribution >= 4 is 40.4 Å². The van der Waals surface area contributed by atoms with Gasteiger partial charge in [-0.2, -0.15) is 0 Å². The van der Waals surface area contributed by atoms with Crippen LogP contribution in [0.1, 0.15) is 35.2 Å². The Morgan fingerprint density at radius 2 is 1.94 bits per heavy atom. The molecule has 0 bridgehead atoms. The molecule has 0 radical (unpaired) electrons. The lowest BCUT2D eigenvalue weighted by molar-refractivity contribution is 0.102. The van der Waals surface area contributed by atoms with Crippen molar-refractivity contribution in [2.24, 2.45) is 0 Å². The second kappa shape index (κ2) is 10.1. The number of benzene rings is 2. The molecule has 182 valence electrons. The van der Waals surface area contributed by atoms with Gasteiger partial charge in [0.05, 0.1) is 35.1 Å². The first-order chi connectivity index (χ1) is 17.0. The Kier molecular flexibility index (Phi) is 6.74. The molecule has 9 heteroatoms. The summed E-state index contributed by atoms with van der Waals surface area (Å²) in [7, 11) is 0. The molecular weight excluding hydrogens is 471 g/mol. The van der Waals surface area contributed by atoms with E-state index in [4.69, 9.17) is 16.3 Å². The second-order valence-electron chi connectivity index (χ2n) is 8.63. The van der Waals surface area contributed by atoms with Crippen LogP contribution in [0.25, 0.3) is 0 Å². The molecule has 35 heavy (non-hydrogen) atoms. The van der Waals surface area contributed by atoms with Crippen molar-refractivity contribution in [3.05, 3.63) is 70.6 Å². The van der Waals surface area contributed by atoms with Crippen molar-refractivity contribution in [2.75, 3.05) is 41.4 Å². The zero-order chi connectivity index (χ0) is 24.4. The molecule has 2 N–H and O–H groups in total. The minimum absolute atomic E-state index is 0.156. The number of hydrogen-bond donors (Lipinski definition) is 2. The predicted molar refractivity (Wildman–Crippen MR) is 135 cm³/mol. The summed E-state index contributed by atoms with van der Waals surface area (Å²) in [6.07, 6.45) is 4.85. The second-order valence-corrected chi connectivity index (χ2v) is 9.04. The highest BCUT2D eigenvalue weighted by Gasteiger charge is 2.27. The zero-order valence-corrected chi connectivity index (χ0v) is 19.9. The third-order valence-electron chi connectivity index (χ3n) is 6.31. The highest BCUT2D eigenvalue weighted by Crippen LogP contribution is 2.41. The Hall–Kier alpha value is -3.36. The number of aromatic nitrogens is 1. The molecule has 3 heterocycles. The minimum atomic E-state index is -0.400. The molecule has 0 atom stereocenters. The monoisotopic (exact) mass is 496 g/mol. The molecule has 2 aromatic carbocycles. The Labute approximate surface area is 208 Å². The molecule has 0 unspecified atom stereocenters. The van der Waals surface area contributed by atoms with Crippen molar-refractivity contribution in [3.8, 4) is 5.75 Å². The van der Waals surface area contributed by atoms with Crippen LogP contribution < -0.4 is 19.9 Å². The largest absolute Gasteiger partial charge is 0.489 e. The number of carbonyl (C=O) groups is 1. The Bertz CT molecular complexity index is 1250. The molecule has 7 nitrogen and oxygen atoms in total. The number of hydrogen-bond acceptors (Lipinski definition) is 6. The summed E-state index contributed by atoms with van der Waals surface area (Å²) < 4.78 is 20.7. The number of piperidine rings is 1. The maximum Gasteiger partial charge on any atom is 0.259 e. The average molecular weight is 497 g/mol. The van der Waals surface area contributed by atoms with Crippen molar-refractivity contribution in [2.45, 2.75) is 25.9 Å². The minimum Gasteiger partial charge on any atom is -0.489 e. The van der Waals surface area contributed by atoms with Gasteiger partial charge < -0.3 is 25.0 Å². The number of aliphatic hydroxyl groups is 1. The molecule has 0 aliphatic carbocycles. The van der Waals surface area contributed by atoms with Gasteiger partial charge in [-0.1, -0.05) is 17.7 Å². The normalized spacial score (nSPS) is 15.4. The van der Waals surface area contributed by atoms with E-state index in [1.165, 1.54) is 12.5 Å². The SMILES string of the molecule is O=C(Nc1ccc(N2CCCCC2)c(F)c1)c1cccc2c1OCCN2c1ncc(CO)cc1Cl. The van der Waals surface area contributed by atoms with E-state index in [0.717, 1.165) is 25.9 Å². The van der Waals surface area contributed by atoms with Gasteiger partial charge in [0.1, 0.15) is 12.4 Å². The van der Waals surface area contributed by atoms with E-state index in [-0.39, 0.29) is 12.4 Å². The van der Waals surface area contributed by atoms with E-state index in [0.29, 0.717) is 57.9 Å². The molecule has 2 aliphatic heterocycles. The van der Waals surface area contributed by atoms with E-state index >= 15 is 0 Å². The smallest absolute Gasteiger partial charge is 0.259 e. The highest BCUT2D eigenvalue weighted by molar-refractivity contribution is 6.33. The summed E-state index contributed by atoms with van der Waals surface area (Å²) in [5.74, 6) is 0.171. The van der Waals surface area contributed by atoms with Gasteiger partial charge in [0.15, 0.2) is 11.6 Å². The lowest BCUT2D eigenvalue weighted by Crippen LogP contribution is -2.31. The Morgan fingerprint density at radius 3 is 2.69 bits per heavy atom. The summed E-state index contributed by atoms with van der Waals surface area (Å²) in [5.41, 5.74) is 2.54. The van der Waals surface area contributed by atoms with Gasteiger partial charge in [-0.3, -0.25) is 4.79 Å². The highest BCUT2D eigenvalue weighted by atomic mass is 35.5. The standard InChI is InChI=1S/C26H26ClFN4O3/c27-20-13-17(16-33)15-29-25(20)32-11-12-35-24-19(5-4-6-23(24)32)26(34)30-18-7-8-22(21(28)14-18)31-9-2-1-3-10-31/h4-8,13-15,33H,1-3,9-12,16H2,(H,30,34). The van der Waals surface area contributed by atoms with E-state index in [1.54, 1.807) is 36.5 Å². The van der Waals surface area contributed by atoms with Crippen LogP contribution in [0.4, 0.5) is 27.3 Å². The van der Waals surface area contributed by atoms with E-state index < -0.39 is 5.91 Å². The zero-order valence-electron chi connectivity index (χ0n) is 19.1. The third-order valence-corrected chi connectivity index (χ3v) is 6.59. The molecule has 1 aromatic heterocycles. The van der Waals surface area contributed by atoms with Crippen molar-refractivity contribution in [1.29, 1.82) is 0 Å². The third kappa shape index (κ3) is 4.76. The summed E-state index contributed by atoms with van der Waals surface area (Å²) in [6.45, 7) is 2.35. The number of para-hydroxylation sites is 1. The number of aliphatic hydroxyl groups excluding tert-OH is 1. The first-order valence-corrected chi connectivity index (χ1v) is 12.1. The van der Waals surface area contributed by atoms with Gasteiger partial charge in [0.25, 0.3) is 5.91 Å². The molecule has 1 amide bonds. The van der Waals surface area contributed by atoms with Gasteiger partial charge in [0, 0.05) is 25.0 Å². The first-order valence-electron chi connectivity index (χ1n) is 11.7. The summed E-state index contributed by atoms with van der Waals surface area (Å²) in [6, 6.07) is 11.7. The van der Waals surface area contributed by atoms with Crippen LogP contribution in [0.15, 0.2) is 48.7 Å². The number of rotatable bonds is 5. The van der Waals surface area contributed by atoms with E-state index in [2.05, 4.69) is 10.3 Å². The van der Waals surface area contributed by atoms with Crippen molar-refractivity contribution < 1.29 is 19.0 Å². The molecule has 0 spiro atoms. The van der Waals surface area contributed by atoms with E-state index in [1.807, 2.05) is 15.9 Å². The maximum absolute atomic E-state index is 14.8. The van der Waals surface area contributed by atoms with Gasteiger partial charge in [-0.25, -0.2) is 9.37 Å². The Morgan fingerprint density at radius 1 is 1.11 bits per heavy atom. The van der Waals surface area contributed by atoms with Crippen LogP contribution in [0.5, 0.6) is 5.75 Å². The summed E-state index contributed by atoms with van der Waals surface area (Å²) >= 11 is 6.43. The molecule has 1 saturated heterocycles. The fourth-order valence-electron chi connectivity index (χ4n) is 4.58.